The molecule has 0 fully saturated rings. The number of amides is 2. The van der Waals surface area contributed by atoms with Crippen LogP contribution in [0, 0.1) is 5.41 Å². The summed E-state index contributed by atoms with van der Waals surface area (Å²) in [5, 5.41) is 9.78. The average Bonchev–Trinajstić information content (AvgIpc) is 2.99. The second-order valence-electron chi connectivity index (χ2n) is 6.49. The zero-order chi connectivity index (χ0) is 18.7. The van der Waals surface area contributed by atoms with Crippen molar-refractivity contribution >= 4 is 23.5 Å². The summed E-state index contributed by atoms with van der Waals surface area (Å²) in [6.07, 6.45) is 0.532. The van der Waals surface area contributed by atoms with Gasteiger partial charge >= 0.3 is 0 Å². The number of rotatable bonds is 4. The number of hydrogen-bond donors (Lipinski definition) is 3. The number of fused-ring (bicyclic) bond motifs is 1. The molecule has 6 heteroatoms. The van der Waals surface area contributed by atoms with Crippen molar-refractivity contribution in [3.8, 4) is 0 Å². The van der Waals surface area contributed by atoms with Gasteiger partial charge in [-0.2, -0.15) is 0 Å². The maximum atomic E-state index is 12.7. The van der Waals surface area contributed by atoms with Crippen LogP contribution < -0.4 is 16.0 Å². The van der Waals surface area contributed by atoms with E-state index in [0.29, 0.717) is 13.0 Å². The molecule has 6 nitrogen and oxygen atoms in total. The third kappa shape index (κ3) is 3.59. The van der Waals surface area contributed by atoms with Crippen LogP contribution in [0.3, 0.4) is 0 Å². The molecular weight excluding hydrogens is 328 g/mol. The predicted octanol–water partition coefficient (Wildman–Crippen LogP) is 2.32. The summed E-state index contributed by atoms with van der Waals surface area (Å²) >= 11 is 0. The number of nitrogens with zero attached hydrogens (tertiary/aromatic N) is 1. The van der Waals surface area contributed by atoms with Gasteiger partial charge in [0.1, 0.15) is 0 Å². The lowest BCUT2D eigenvalue weighted by molar-refractivity contribution is -0.121. The minimum atomic E-state index is -0.454. The molecule has 134 valence electrons. The molecule has 1 aliphatic heterocycles. The molecule has 3 rings (SSSR count). The van der Waals surface area contributed by atoms with Crippen LogP contribution in [0.2, 0.25) is 0 Å². The van der Waals surface area contributed by atoms with E-state index in [-0.39, 0.29) is 23.7 Å². The molecule has 0 aliphatic carbocycles. The molecule has 2 atom stereocenters. The molecule has 2 amide bonds. The second-order valence-corrected chi connectivity index (χ2v) is 6.49. The standard InChI is InChI=1S/C20H22N4O2/c1-13(25)24-12-15(16-9-5-6-10-18(16)24)11-17(19(26)23-20(21)22)14-7-3-2-4-8-14/h2-10,15,17H,11-12H2,1H3,(H4,21,22,23,26). The first-order valence-electron chi connectivity index (χ1n) is 8.54. The molecule has 0 radical (unpaired) electrons. The number of carbonyl (C=O) groups excluding carboxylic acids is 2. The zero-order valence-electron chi connectivity index (χ0n) is 14.6. The number of para-hydroxylation sites is 1. The van der Waals surface area contributed by atoms with Crippen LogP contribution in [-0.2, 0) is 9.59 Å². The van der Waals surface area contributed by atoms with Crippen molar-refractivity contribution in [3.63, 3.8) is 0 Å². The Balaban J connectivity index is 1.91. The number of benzene rings is 2. The van der Waals surface area contributed by atoms with Gasteiger partial charge in [-0.05, 0) is 23.6 Å². The first kappa shape index (κ1) is 17.7. The van der Waals surface area contributed by atoms with E-state index in [1.807, 2.05) is 54.6 Å². The Morgan fingerprint density at radius 2 is 1.85 bits per heavy atom. The third-order valence-electron chi connectivity index (χ3n) is 4.75. The highest BCUT2D eigenvalue weighted by Gasteiger charge is 2.34. The van der Waals surface area contributed by atoms with Crippen molar-refractivity contribution in [1.29, 1.82) is 5.41 Å². The molecule has 4 N–H and O–H groups in total. The first-order valence-corrected chi connectivity index (χ1v) is 8.54. The fourth-order valence-corrected chi connectivity index (χ4v) is 3.58. The molecule has 0 saturated carbocycles. The quantitative estimate of drug-likeness (QED) is 0.583. The van der Waals surface area contributed by atoms with Gasteiger partial charge in [0.05, 0.1) is 5.92 Å². The minimum Gasteiger partial charge on any atom is -0.370 e. The van der Waals surface area contributed by atoms with Crippen molar-refractivity contribution < 1.29 is 9.59 Å². The van der Waals surface area contributed by atoms with Crippen LogP contribution >= 0.6 is 0 Å². The maximum absolute atomic E-state index is 12.7. The smallest absolute Gasteiger partial charge is 0.234 e. The summed E-state index contributed by atoms with van der Waals surface area (Å²) in [5.74, 6) is -1.09. The third-order valence-corrected chi connectivity index (χ3v) is 4.75. The lowest BCUT2D eigenvalue weighted by atomic mass is 9.85. The normalized spacial score (nSPS) is 16.7. The number of anilines is 1. The van der Waals surface area contributed by atoms with Crippen LogP contribution in [0.15, 0.2) is 54.6 Å². The van der Waals surface area contributed by atoms with E-state index in [1.165, 1.54) is 0 Å². The molecule has 0 spiro atoms. The van der Waals surface area contributed by atoms with Crippen molar-refractivity contribution in [3.05, 3.63) is 65.7 Å². The topological polar surface area (TPSA) is 99.3 Å². The summed E-state index contributed by atoms with van der Waals surface area (Å²) in [7, 11) is 0. The van der Waals surface area contributed by atoms with Crippen LogP contribution in [0.25, 0.3) is 0 Å². The lowest BCUT2D eigenvalue weighted by Crippen LogP contribution is -2.39. The van der Waals surface area contributed by atoms with Gasteiger partial charge in [0.25, 0.3) is 0 Å². The molecule has 2 aromatic carbocycles. The number of hydrogen-bond acceptors (Lipinski definition) is 3. The summed E-state index contributed by atoms with van der Waals surface area (Å²) in [6.45, 7) is 2.10. The van der Waals surface area contributed by atoms with E-state index in [4.69, 9.17) is 11.1 Å². The number of carbonyl (C=O) groups is 2. The molecule has 2 unspecified atom stereocenters. The van der Waals surface area contributed by atoms with E-state index < -0.39 is 5.92 Å². The van der Waals surface area contributed by atoms with Crippen LogP contribution in [0.1, 0.15) is 36.3 Å². The van der Waals surface area contributed by atoms with E-state index in [9.17, 15) is 9.59 Å². The highest BCUT2D eigenvalue weighted by Crippen LogP contribution is 2.41. The zero-order valence-corrected chi connectivity index (χ0v) is 14.6. The Morgan fingerprint density at radius 3 is 2.50 bits per heavy atom. The van der Waals surface area contributed by atoms with Gasteiger partial charge in [0.2, 0.25) is 11.8 Å². The van der Waals surface area contributed by atoms with Crippen molar-refractivity contribution in [1.82, 2.24) is 5.32 Å². The summed E-state index contributed by atoms with van der Waals surface area (Å²) in [6, 6.07) is 17.3. The predicted molar refractivity (Wildman–Crippen MR) is 101 cm³/mol. The van der Waals surface area contributed by atoms with E-state index in [0.717, 1.165) is 16.8 Å². The number of nitrogens with one attached hydrogen (secondary N) is 2. The lowest BCUT2D eigenvalue weighted by Gasteiger charge is -2.21. The molecule has 26 heavy (non-hydrogen) atoms. The van der Waals surface area contributed by atoms with Gasteiger partial charge in [-0.25, -0.2) is 0 Å². The van der Waals surface area contributed by atoms with Crippen LogP contribution in [0.5, 0.6) is 0 Å². The van der Waals surface area contributed by atoms with Gasteiger partial charge in [-0.1, -0.05) is 48.5 Å². The summed E-state index contributed by atoms with van der Waals surface area (Å²) in [5.41, 5.74) is 8.19. The summed E-state index contributed by atoms with van der Waals surface area (Å²) < 4.78 is 0. The number of nitrogens with two attached hydrogens (primary N) is 1. The largest absolute Gasteiger partial charge is 0.370 e. The van der Waals surface area contributed by atoms with Gasteiger partial charge in [-0.3, -0.25) is 20.3 Å². The maximum Gasteiger partial charge on any atom is 0.234 e. The van der Waals surface area contributed by atoms with Gasteiger partial charge in [0, 0.05) is 25.1 Å². The van der Waals surface area contributed by atoms with E-state index in [2.05, 4.69) is 5.32 Å². The van der Waals surface area contributed by atoms with E-state index in [1.54, 1.807) is 11.8 Å². The van der Waals surface area contributed by atoms with Crippen LogP contribution in [0.4, 0.5) is 5.69 Å². The SMILES string of the molecule is CC(=O)N1CC(CC(C(=O)NC(=N)N)c2ccccc2)c2ccccc21. The van der Waals surface area contributed by atoms with Crippen molar-refractivity contribution in [2.24, 2.45) is 5.73 Å². The Kier molecular flexibility index (Phi) is 5.02. The molecule has 2 aromatic rings. The fraction of sp³-hybridized carbons (Fsp3) is 0.250. The van der Waals surface area contributed by atoms with Gasteiger partial charge < -0.3 is 10.6 Å². The second kappa shape index (κ2) is 7.39. The molecular formula is C20H22N4O2. The molecule has 0 bridgehead atoms. The highest BCUT2D eigenvalue weighted by atomic mass is 16.2. The highest BCUT2D eigenvalue weighted by molar-refractivity contribution is 5.98. The average molecular weight is 350 g/mol. The van der Waals surface area contributed by atoms with Crippen LogP contribution in [-0.4, -0.2) is 24.3 Å². The molecule has 1 heterocycles. The number of guanidine groups is 1. The Hall–Kier alpha value is -3.15. The van der Waals surface area contributed by atoms with Gasteiger partial charge in [-0.15, -0.1) is 0 Å². The Morgan fingerprint density at radius 1 is 1.19 bits per heavy atom. The molecule has 0 saturated heterocycles. The molecule has 0 aromatic heterocycles. The Bertz CT molecular complexity index is 835. The first-order chi connectivity index (χ1) is 12.5. The Labute approximate surface area is 152 Å². The van der Waals surface area contributed by atoms with Crippen molar-refractivity contribution in [2.45, 2.75) is 25.2 Å². The monoisotopic (exact) mass is 350 g/mol. The van der Waals surface area contributed by atoms with Crippen molar-refractivity contribution in [2.75, 3.05) is 11.4 Å². The fourth-order valence-electron chi connectivity index (χ4n) is 3.58. The van der Waals surface area contributed by atoms with Gasteiger partial charge in [0.15, 0.2) is 5.96 Å². The minimum absolute atomic E-state index is 0.00982. The summed E-state index contributed by atoms with van der Waals surface area (Å²) in [4.78, 5) is 26.4. The molecule has 1 aliphatic rings. The van der Waals surface area contributed by atoms with E-state index >= 15 is 0 Å².